The zero-order valence-corrected chi connectivity index (χ0v) is 12.5. The first kappa shape index (κ1) is 15.4. The Kier molecular flexibility index (Phi) is 4.50. The standard InChI is InChI=1S/C16H21NO4/c1-3-7-16(15(19)20)8-9-17(11-16)14(18)12-5-4-6-13(10-12)21-2/h4-6,10H,3,7-9,11H2,1-2H3,(H,19,20). The Morgan fingerprint density at radius 1 is 1.43 bits per heavy atom. The monoisotopic (exact) mass is 291 g/mol. The molecule has 1 aromatic rings. The number of rotatable bonds is 5. The number of likely N-dealkylation sites (tertiary alicyclic amines) is 1. The number of hydrogen-bond acceptors (Lipinski definition) is 3. The summed E-state index contributed by atoms with van der Waals surface area (Å²) >= 11 is 0. The van der Waals surface area contributed by atoms with Gasteiger partial charge < -0.3 is 14.7 Å². The summed E-state index contributed by atoms with van der Waals surface area (Å²) in [6.07, 6.45) is 1.92. The highest BCUT2D eigenvalue weighted by Crippen LogP contribution is 2.36. The van der Waals surface area contributed by atoms with E-state index in [1.165, 1.54) is 0 Å². The van der Waals surface area contributed by atoms with Crippen LogP contribution in [0.3, 0.4) is 0 Å². The van der Waals surface area contributed by atoms with Gasteiger partial charge >= 0.3 is 5.97 Å². The molecule has 2 rings (SSSR count). The molecular weight excluding hydrogens is 270 g/mol. The number of carbonyl (C=O) groups excluding carboxylic acids is 1. The summed E-state index contributed by atoms with van der Waals surface area (Å²) in [5.41, 5.74) is -0.254. The fraction of sp³-hybridized carbons (Fsp3) is 0.500. The average Bonchev–Trinajstić information content (AvgIpc) is 2.92. The molecule has 0 radical (unpaired) electrons. The Bertz CT molecular complexity index is 543. The first-order valence-corrected chi connectivity index (χ1v) is 7.19. The lowest BCUT2D eigenvalue weighted by molar-refractivity contribution is -0.148. The Morgan fingerprint density at radius 2 is 2.19 bits per heavy atom. The second kappa shape index (κ2) is 6.16. The SMILES string of the molecule is CCCC1(C(=O)O)CCN(C(=O)c2cccc(OC)c2)C1. The van der Waals surface area contributed by atoms with E-state index in [9.17, 15) is 14.7 Å². The molecule has 1 atom stereocenters. The van der Waals surface area contributed by atoms with Crippen molar-refractivity contribution in [2.24, 2.45) is 5.41 Å². The van der Waals surface area contributed by atoms with E-state index < -0.39 is 11.4 Å². The van der Waals surface area contributed by atoms with Gasteiger partial charge in [0.05, 0.1) is 12.5 Å². The van der Waals surface area contributed by atoms with Crippen molar-refractivity contribution in [3.63, 3.8) is 0 Å². The molecule has 0 bridgehead atoms. The van der Waals surface area contributed by atoms with Gasteiger partial charge in [-0.15, -0.1) is 0 Å². The summed E-state index contributed by atoms with van der Waals surface area (Å²) in [4.78, 5) is 25.7. The molecule has 1 unspecified atom stereocenters. The number of aliphatic carboxylic acids is 1. The van der Waals surface area contributed by atoms with Crippen LogP contribution in [-0.4, -0.2) is 42.1 Å². The first-order chi connectivity index (χ1) is 10.0. The zero-order valence-electron chi connectivity index (χ0n) is 12.5. The van der Waals surface area contributed by atoms with Gasteiger partial charge in [0.25, 0.3) is 5.91 Å². The van der Waals surface area contributed by atoms with Gasteiger partial charge in [-0.1, -0.05) is 19.4 Å². The summed E-state index contributed by atoms with van der Waals surface area (Å²) in [5, 5.41) is 9.49. The number of benzene rings is 1. The van der Waals surface area contributed by atoms with Crippen molar-refractivity contribution in [2.75, 3.05) is 20.2 Å². The number of nitrogens with zero attached hydrogens (tertiary/aromatic N) is 1. The molecule has 0 aromatic heterocycles. The molecule has 1 aliphatic heterocycles. The van der Waals surface area contributed by atoms with Gasteiger partial charge in [0.15, 0.2) is 0 Å². The highest BCUT2D eigenvalue weighted by molar-refractivity contribution is 5.95. The van der Waals surface area contributed by atoms with Crippen LogP contribution >= 0.6 is 0 Å². The molecule has 0 aliphatic carbocycles. The van der Waals surface area contributed by atoms with Crippen LogP contribution in [0, 0.1) is 5.41 Å². The van der Waals surface area contributed by atoms with Gasteiger partial charge in [-0.05, 0) is 31.0 Å². The minimum absolute atomic E-state index is 0.131. The van der Waals surface area contributed by atoms with Gasteiger partial charge in [-0.25, -0.2) is 0 Å². The molecule has 21 heavy (non-hydrogen) atoms. The van der Waals surface area contributed by atoms with Crippen LogP contribution in [0.1, 0.15) is 36.5 Å². The Hall–Kier alpha value is -2.04. The molecule has 0 saturated carbocycles. The lowest BCUT2D eigenvalue weighted by Gasteiger charge is -2.24. The lowest BCUT2D eigenvalue weighted by atomic mass is 9.83. The van der Waals surface area contributed by atoms with Gasteiger partial charge in [-0.2, -0.15) is 0 Å². The fourth-order valence-corrected chi connectivity index (χ4v) is 2.95. The first-order valence-electron chi connectivity index (χ1n) is 7.19. The fourth-order valence-electron chi connectivity index (χ4n) is 2.95. The largest absolute Gasteiger partial charge is 0.497 e. The maximum atomic E-state index is 12.5. The Balaban J connectivity index is 2.16. The molecule has 1 saturated heterocycles. The second-order valence-electron chi connectivity index (χ2n) is 5.54. The summed E-state index contributed by atoms with van der Waals surface area (Å²) in [7, 11) is 1.55. The Morgan fingerprint density at radius 3 is 2.81 bits per heavy atom. The van der Waals surface area contributed by atoms with Crippen LogP contribution in [0.4, 0.5) is 0 Å². The predicted molar refractivity (Wildman–Crippen MR) is 78.5 cm³/mol. The van der Waals surface area contributed by atoms with Crippen LogP contribution in [0.25, 0.3) is 0 Å². The van der Waals surface area contributed by atoms with Gasteiger partial charge in [0, 0.05) is 18.7 Å². The maximum Gasteiger partial charge on any atom is 0.311 e. The van der Waals surface area contributed by atoms with E-state index in [0.29, 0.717) is 30.7 Å². The topological polar surface area (TPSA) is 66.8 Å². The van der Waals surface area contributed by atoms with E-state index in [-0.39, 0.29) is 12.5 Å². The zero-order chi connectivity index (χ0) is 15.5. The van der Waals surface area contributed by atoms with Crippen molar-refractivity contribution in [2.45, 2.75) is 26.2 Å². The van der Waals surface area contributed by atoms with Gasteiger partial charge in [-0.3, -0.25) is 9.59 Å². The summed E-state index contributed by atoms with van der Waals surface area (Å²) in [6, 6.07) is 6.95. The normalized spacial score (nSPS) is 21.3. The summed E-state index contributed by atoms with van der Waals surface area (Å²) in [6.45, 7) is 2.74. The van der Waals surface area contributed by atoms with Crippen molar-refractivity contribution >= 4 is 11.9 Å². The van der Waals surface area contributed by atoms with Crippen molar-refractivity contribution in [3.05, 3.63) is 29.8 Å². The van der Waals surface area contributed by atoms with Gasteiger partial charge in [0.2, 0.25) is 0 Å². The summed E-state index contributed by atoms with van der Waals surface area (Å²) < 4.78 is 5.12. The van der Waals surface area contributed by atoms with Crippen molar-refractivity contribution in [3.8, 4) is 5.75 Å². The van der Waals surface area contributed by atoms with Crippen molar-refractivity contribution in [1.82, 2.24) is 4.90 Å². The van der Waals surface area contributed by atoms with Gasteiger partial charge in [0.1, 0.15) is 5.75 Å². The lowest BCUT2D eigenvalue weighted by Crippen LogP contribution is -2.36. The molecule has 0 spiro atoms. The molecule has 5 heteroatoms. The average molecular weight is 291 g/mol. The van der Waals surface area contributed by atoms with E-state index in [0.717, 1.165) is 6.42 Å². The Labute approximate surface area is 124 Å². The molecule has 1 aromatic carbocycles. The highest BCUT2D eigenvalue weighted by atomic mass is 16.5. The molecular formula is C16H21NO4. The molecule has 1 heterocycles. The highest BCUT2D eigenvalue weighted by Gasteiger charge is 2.45. The number of hydrogen-bond donors (Lipinski definition) is 1. The van der Waals surface area contributed by atoms with E-state index >= 15 is 0 Å². The number of methoxy groups -OCH3 is 1. The maximum absolute atomic E-state index is 12.5. The minimum Gasteiger partial charge on any atom is -0.497 e. The van der Waals surface area contributed by atoms with E-state index in [2.05, 4.69) is 0 Å². The molecule has 1 fully saturated rings. The third-order valence-corrected chi connectivity index (χ3v) is 4.14. The molecule has 114 valence electrons. The number of carbonyl (C=O) groups is 2. The van der Waals surface area contributed by atoms with Crippen LogP contribution in [-0.2, 0) is 4.79 Å². The van der Waals surface area contributed by atoms with Crippen LogP contribution in [0.2, 0.25) is 0 Å². The molecule has 1 N–H and O–H groups in total. The van der Waals surface area contributed by atoms with E-state index in [1.54, 1.807) is 36.3 Å². The number of amides is 1. The number of ether oxygens (including phenoxy) is 1. The predicted octanol–water partition coefficient (Wildman–Crippen LogP) is 2.41. The smallest absolute Gasteiger partial charge is 0.311 e. The van der Waals surface area contributed by atoms with Crippen molar-refractivity contribution in [1.29, 1.82) is 0 Å². The molecule has 1 amide bonds. The third-order valence-electron chi connectivity index (χ3n) is 4.14. The van der Waals surface area contributed by atoms with Crippen LogP contribution < -0.4 is 4.74 Å². The van der Waals surface area contributed by atoms with E-state index in [4.69, 9.17) is 4.74 Å². The molecule has 5 nitrogen and oxygen atoms in total. The molecule has 1 aliphatic rings. The van der Waals surface area contributed by atoms with Crippen molar-refractivity contribution < 1.29 is 19.4 Å². The summed E-state index contributed by atoms with van der Waals surface area (Å²) in [5.74, 6) is -0.309. The number of carboxylic acid groups (broad SMARTS) is 1. The van der Waals surface area contributed by atoms with E-state index in [1.807, 2.05) is 6.92 Å². The quantitative estimate of drug-likeness (QED) is 0.904. The van der Waals surface area contributed by atoms with Crippen LogP contribution in [0.5, 0.6) is 5.75 Å². The minimum atomic E-state index is -0.801. The third kappa shape index (κ3) is 3.01. The van der Waals surface area contributed by atoms with Crippen LogP contribution in [0.15, 0.2) is 24.3 Å². The number of carboxylic acids is 1. The second-order valence-corrected chi connectivity index (χ2v) is 5.54.